The van der Waals surface area contributed by atoms with E-state index in [2.05, 4.69) is 27.4 Å². The number of hydrogen-bond donors (Lipinski definition) is 1. The summed E-state index contributed by atoms with van der Waals surface area (Å²) < 4.78 is 11.0. The van der Waals surface area contributed by atoms with Gasteiger partial charge in [-0.2, -0.15) is 0 Å². The van der Waals surface area contributed by atoms with Gasteiger partial charge in [0.25, 0.3) is 5.91 Å². The second kappa shape index (κ2) is 6.94. The molecule has 1 N–H and O–H groups in total. The summed E-state index contributed by atoms with van der Waals surface area (Å²) in [7, 11) is 0. The Bertz CT molecular complexity index is 798. The van der Waals surface area contributed by atoms with Gasteiger partial charge in [-0.1, -0.05) is 25.3 Å². The van der Waals surface area contributed by atoms with Gasteiger partial charge in [-0.05, 0) is 37.5 Å². The lowest BCUT2D eigenvalue weighted by Gasteiger charge is -2.38. The fraction of sp³-hybridized carbons (Fsp3) is 0.450. The summed E-state index contributed by atoms with van der Waals surface area (Å²) in [6.07, 6.45) is 8.80. The second-order valence-corrected chi connectivity index (χ2v) is 7.13. The van der Waals surface area contributed by atoms with Crippen LogP contribution in [0.15, 0.2) is 30.6 Å². The number of nitrogens with zero attached hydrogens (tertiary/aromatic N) is 2. The number of nitrogens with one attached hydrogen (secondary N) is 1. The van der Waals surface area contributed by atoms with Crippen molar-refractivity contribution in [1.82, 2.24) is 15.3 Å². The maximum absolute atomic E-state index is 12.5. The Balaban J connectivity index is 1.55. The Morgan fingerprint density at radius 2 is 1.92 bits per heavy atom. The van der Waals surface area contributed by atoms with E-state index in [1.165, 1.54) is 18.2 Å². The van der Waals surface area contributed by atoms with Gasteiger partial charge in [-0.25, -0.2) is 4.98 Å². The van der Waals surface area contributed by atoms with Crippen LogP contribution in [0, 0.1) is 6.92 Å². The van der Waals surface area contributed by atoms with E-state index in [9.17, 15) is 4.79 Å². The van der Waals surface area contributed by atoms with Crippen LogP contribution in [0.4, 0.5) is 0 Å². The van der Waals surface area contributed by atoms with Gasteiger partial charge >= 0.3 is 0 Å². The lowest BCUT2D eigenvalue weighted by atomic mass is 9.69. The van der Waals surface area contributed by atoms with Crippen molar-refractivity contribution in [1.29, 1.82) is 0 Å². The van der Waals surface area contributed by atoms with Gasteiger partial charge in [0.2, 0.25) is 6.79 Å². The zero-order valence-electron chi connectivity index (χ0n) is 15.0. The third-order valence-electron chi connectivity index (χ3n) is 5.40. The molecule has 1 amide bonds. The average Bonchev–Trinajstić information content (AvgIpc) is 3.15. The van der Waals surface area contributed by atoms with Crippen LogP contribution in [-0.4, -0.2) is 29.2 Å². The molecule has 0 radical (unpaired) electrons. The Hall–Kier alpha value is -2.63. The molecular weight excluding hydrogens is 330 g/mol. The van der Waals surface area contributed by atoms with Crippen molar-refractivity contribution < 1.29 is 14.3 Å². The number of carbonyl (C=O) groups excluding carboxylic acids is 1. The van der Waals surface area contributed by atoms with Crippen LogP contribution in [0.3, 0.4) is 0 Å². The van der Waals surface area contributed by atoms with E-state index in [1.54, 1.807) is 6.20 Å². The third kappa shape index (κ3) is 3.23. The maximum atomic E-state index is 12.5. The molecule has 1 aromatic heterocycles. The summed E-state index contributed by atoms with van der Waals surface area (Å²) in [4.78, 5) is 20.8. The fourth-order valence-corrected chi connectivity index (χ4v) is 3.87. The minimum absolute atomic E-state index is 0.0764. The summed E-state index contributed by atoms with van der Waals surface area (Å²) >= 11 is 0. The number of amides is 1. The van der Waals surface area contributed by atoms with Crippen LogP contribution in [0.2, 0.25) is 0 Å². The quantitative estimate of drug-likeness (QED) is 0.914. The van der Waals surface area contributed by atoms with E-state index in [1.807, 2.05) is 13.0 Å². The lowest BCUT2D eigenvalue weighted by molar-refractivity contribution is 0.0931. The van der Waals surface area contributed by atoms with Crippen molar-refractivity contribution >= 4 is 5.91 Å². The number of ether oxygens (including phenoxy) is 2. The number of rotatable bonds is 4. The molecule has 4 rings (SSSR count). The van der Waals surface area contributed by atoms with E-state index in [0.717, 1.165) is 42.9 Å². The molecule has 0 unspecified atom stereocenters. The van der Waals surface area contributed by atoms with Crippen LogP contribution in [0.1, 0.15) is 53.8 Å². The first-order chi connectivity index (χ1) is 12.7. The average molecular weight is 353 g/mol. The third-order valence-corrected chi connectivity index (χ3v) is 5.40. The van der Waals surface area contributed by atoms with Crippen molar-refractivity contribution in [2.45, 2.75) is 44.4 Å². The van der Waals surface area contributed by atoms with Gasteiger partial charge in [-0.15, -0.1) is 0 Å². The molecule has 1 aliphatic heterocycles. The highest BCUT2D eigenvalue weighted by Crippen LogP contribution is 2.43. The molecule has 0 saturated heterocycles. The highest BCUT2D eigenvalue weighted by molar-refractivity contribution is 5.91. The summed E-state index contributed by atoms with van der Waals surface area (Å²) in [5, 5.41) is 3.08. The van der Waals surface area contributed by atoms with Crippen molar-refractivity contribution in [2.75, 3.05) is 13.3 Å². The first-order valence-corrected chi connectivity index (χ1v) is 9.13. The minimum atomic E-state index is -0.178. The number of hydrogen-bond acceptors (Lipinski definition) is 5. The van der Waals surface area contributed by atoms with Gasteiger partial charge in [0.15, 0.2) is 11.5 Å². The van der Waals surface area contributed by atoms with Crippen LogP contribution in [0.5, 0.6) is 11.5 Å². The normalized spacial score (nSPS) is 17.7. The molecule has 6 nitrogen and oxygen atoms in total. The number of aromatic nitrogens is 2. The summed E-state index contributed by atoms with van der Waals surface area (Å²) in [5.41, 5.74) is 2.28. The number of benzene rings is 1. The second-order valence-electron chi connectivity index (χ2n) is 7.13. The summed E-state index contributed by atoms with van der Waals surface area (Å²) in [6.45, 7) is 2.71. The van der Waals surface area contributed by atoms with Gasteiger partial charge in [-0.3, -0.25) is 9.78 Å². The predicted molar refractivity (Wildman–Crippen MR) is 96.4 cm³/mol. The molecule has 6 heteroatoms. The van der Waals surface area contributed by atoms with Crippen LogP contribution < -0.4 is 14.8 Å². The molecule has 1 fully saturated rings. The van der Waals surface area contributed by atoms with Crippen molar-refractivity contribution in [3.8, 4) is 11.5 Å². The summed E-state index contributed by atoms with van der Waals surface area (Å²) in [6, 6.07) is 6.16. The molecule has 136 valence electrons. The number of carbonyl (C=O) groups is 1. The van der Waals surface area contributed by atoms with Crippen molar-refractivity contribution in [3.05, 3.63) is 47.5 Å². The lowest BCUT2D eigenvalue weighted by Crippen LogP contribution is -2.42. The van der Waals surface area contributed by atoms with E-state index in [-0.39, 0.29) is 18.1 Å². The standard InChI is InChI=1S/C20H23N3O3/c1-14-10-22-16(11-21-14)19(24)23-12-20(7-3-2-4-8-20)15-5-6-17-18(9-15)26-13-25-17/h5-6,9-11H,2-4,7-8,12-13H2,1H3,(H,23,24). The fourth-order valence-electron chi connectivity index (χ4n) is 3.87. The Morgan fingerprint density at radius 1 is 1.12 bits per heavy atom. The topological polar surface area (TPSA) is 73.3 Å². The van der Waals surface area contributed by atoms with Crippen molar-refractivity contribution in [2.24, 2.45) is 0 Å². The maximum Gasteiger partial charge on any atom is 0.271 e. The monoisotopic (exact) mass is 353 g/mol. The smallest absolute Gasteiger partial charge is 0.271 e. The zero-order valence-corrected chi connectivity index (χ0v) is 15.0. The van der Waals surface area contributed by atoms with E-state index < -0.39 is 0 Å². The summed E-state index contributed by atoms with van der Waals surface area (Å²) in [5.74, 6) is 1.41. The van der Waals surface area contributed by atoms with Gasteiger partial charge in [0.1, 0.15) is 5.69 Å². The minimum Gasteiger partial charge on any atom is -0.454 e. The van der Waals surface area contributed by atoms with Gasteiger partial charge < -0.3 is 14.8 Å². The van der Waals surface area contributed by atoms with Crippen LogP contribution in [0.25, 0.3) is 0 Å². The van der Waals surface area contributed by atoms with Crippen molar-refractivity contribution in [3.63, 3.8) is 0 Å². The molecule has 1 saturated carbocycles. The highest BCUT2D eigenvalue weighted by Gasteiger charge is 2.35. The SMILES string of the molecule is Cc1cnc(C(=O)NCC2(c3ccc4c(c3)OCO4)CCCCC2)cn1. The molecular formula is C20H23N3O3. The molecule has 0 bridgehead atoms. The van der Waals surface area contributed by atoms with E-state index >= 15 is 0 Å². The van der Waals surface area contributed by atoms with Crippen LogP contribution >= 0.6 is 0 Å². The number of fused-ring (bicyclic) bond motifs is 1. The number of aryl methyl sites for hydroxylation is 1. The Kier molecular flexibility index (Phi) is 4.49. The highest BCUT2D eigenvalue weighted by atomic mass is 16.7. The molecule has 0 spiro atoms. The predicted octanol–water partition coefficient (Wildman–Crippen LogP) is 3.15. The zero-order chi connectivity index (χ0) is 18.0. The molecule has 2 heterocycles. The van der Waals surface area contributed by atoms with E-state index in [0.29, 0.717) is 12.2 Å². The molecule has 1 aromatic carbocycles. The first kappa shape index (κ1) is 16.8. The van der Waals surface area contributed by atoms with E-state index in [4.69, 9.17) is 9.47 Å². The Labute approximate surface area is 153 Å². The largest absolute Gasteiger partial charge is 0.454 e. The molecule has 2 aliphatic rings. The molecule has 1 aliphatic carbocycles. The molecule has 0 atom stereocenters. The van der Waals surface area contributed by atoms with Crippen LogP contribution in [-0.2, 0) is 5.41 Å². The molecule has 2 aromatic rings. The van der Waals surface area contributed by atoms with Gasteiger partial charge in [0, 0.05) is 18.2 Å². The molecule has 26 heavy (non-hydrogen) atoms. The first-order valence-electron chi connectivity index (χ1n) is 9.13. The Morgan fingerprint density at radius 3 is 2.69 bits per heavy atom. The van der Waals surface area contributed by atoms with Gasteiger partial charge in [0.05, 0.1) is 11.9 Å².